The van der Waals surface area contributed by atoms with Gasteiger partial charge in [-0.2, -0.15) is 0 Å². The largest absolute Gasteiger partial charge is 0.314 e. The summed E-state index contributed by atoms with van der Waals surface area (Å²) in [4.78, 5) is 9.14. The van der Waals surface area contributed by atoms with Crippen molar-refractivity contribution >= 4 is 11.0 Å². The Balaban J connectivity index is 2.20. The lowest BCUT2D eigenvalue weighted by atomic mass is 9.99. The third-order valence-corrected chi connectivity index (χ3v) is 3.20. The average molecular weight is 243 g/mol. The van der Waals surface area contributed by atoms with Crippen LogP contribution in [0.2, 0.25) is 0 Å². The maximum atomic E-state index is 4.68. The lowest BCUT2D eigenvalue weighted by Crippen LogP contribution is -2.35. The smallest absolute Gasteiger partial charge is 0.0890 e. The predicted molar refractivity (Wildman–Crippen MR) is 75.5 cm³/mol. The first kappa shape index (κ1) is 13.0. The Morgan fingerprint density at radius 2 is 1.89 bits per heavy atom. The third-order valence-electron chi connectivity index (χ3n) is 3.20. The first-order valence-corrected chi connectivity index (χ1v) is 6.64. The number of hydrogen-bond acceptors (Lipinski definition) is 3. The van der Waals surface area contributed by atoms with Gasteiger partial charge in [0.15, 0.2) is 0 Å². The van der Waals surface area contributed by atoms with E-state index in [2.05, 4.69) is 36.1 Å². The summed E-state index contributed by atoms with van der Waals surface area (Å²) < 4.78 is 0. The molecular formula is C15H21N3. The molecule has 1 N–H and O–H groups in total. The molecule has 1 atom stereocenters. The standard InChI is InChI=1S/C15H21N3/c1-4-16-15(11(2)3)9-12-10-17-13-7-5-6-8-14(13)18-12/h5-8,10-11,15-16H,4,9H2,1-3H3. The van der Waals surface area contributed by atoms with Gasteiger partial charge in [-0.25, -0.2) is 4.98 Å². The third kappa shape index (κ3) is 3.05. The summed E-state index contributed by atoms with van der Waals surface area (Å²) in [7, 11) is 0. The van der Waals surface area contributed by atoms with Gasteiger partial charge < -0.3 is 5.32 Å². The monoisotopic (exact) mass is 243 g/mol. The molecule has 3 nitrogen and oxygen atoms in total. The van der Waals surface area contributed by atoms with Gasteiger partial charge in [0.2, 0.25) is 0 Å². The van der Waals surface area contributed by atoms with E-state index >= 15 is 0 Å². The molecule has 0 spiro atoms. The van der Waals surface area contributed by atoms with Crippen molar-refractivity contribution in [3.05, 3.63) is 36.2 Å². The second-order valence-electron chi connectivity index (χ2n) is 4.96. The fraction of sp³-hybridized carbons (Fsp3) is 0.467. The predicted octanol–water partition coefficient (Wildman–Crippen LogP) is 2.81. The maximum Gasteiger partial charge on any atom is 0.0890 e. The summed E-state index contributed by atoms with van der Waals surface area (Å²) in [5.41, 5.74) is 3.01. The summed E-state index contributed by atoms with van der Waals surface area (Å²) >= 11 is 0. The number of hydrogen-bond donors (Lipinski definition) is 1. The van der Waals surface area contributed by atoms with E-state index < -0.39 is 0 Å². The Bertz CT molecular complexity index is 508. The summed E-state index contributed by atoms with van der Waals surface area (Å²) in [5, 5.41) is 3.51. The molecule has 0 bridgehead atoms. The number of nitrogens with zero attached hydrogens (tertiary/aromatic N) is 2. The van der Waals surface area contributed by atoms with Crippen LogP contribution in [0.1, 0.15) is 26.5 Å². The SMILES string of the molecule is CCNC(Cc1cnc2ccccc2n1)C(C)C. The zero-order valence-corrected chi connectivity index (χ0v) is 11.4. The van der Waals surface area contributed by atoms with E-state index in [0.29, 0.717) is 12.0 Å². The van der Waals surface area contributed by atoms with Crippen molar-refractivity contribution in [1.29, 1.82) is 0 Å². The molecule has 0 radical (unpaired) electrons. The molecule has 0 amide bonds. The average Bonchev–Trinajstić information content (AvgIpc) is 2.38. The number of fused-ring (bicyclic) bond motifs is 1. The Labute approximate surface area is 109 Å². The maximum absolute atomic E-state index is 4.68. The molecule has 1 unspecified atom stereocenters. The van der Waals surface area contributed by atoms with Gasteiger partial charge in [0.1, 0.15) is 0 Å². The van der Waals surface area contributed by atoms with Crippen molar-refractivity contribution < 1.29 is 0 Å². The number of benzene rings is 1. The molecule has 0 saturated heterocycles. The molecule has 0 aliphatic heterocycles. The topological polar surface area (TPSA) is 37.8 Å². The van der Waals surface area contributed by atoms with Crippen molar-refractivity contribution in [3.8, 4) is 0 Å². The van der Waals surface area contributed by atoms with Crippen LogP contribution < -0.4 is 5.32 Å². The van der Waals surface area contributed by atoms with E-state index in [1.165, 1.54) is 0 Å². The normalized spacial score (nSPS) is 13.1. The van der Waals surface area contributed by atoms with Gasteiger partial charge in [0.05, 0.1) is 16.7 Å². The van der Waals surface area contributed by atoms with Gasteiger partial charge in [0, 0.05) is 18.7 Å². The van der Waals surface area contributed by atoms with Crippen LogP contribution in [0.4, 0.5) is 0 Å². The van der Waals surface area contributed by atoms with Crippen LogP contribution in [0, 0.1) is 5.92 Å². The second-order valence-corrected chi connectivity index (χ2v) is 4.96. The quantitative estimate of drug-likeness (QED) is 0.877. The van der Waals surface area contributed by atoms with Crippen molar-refractivity contribution in [1.82, 2.24) is 15.3 Å². The molecule has 3 heteroatoms. The van der Waals surface area contributed by atoms with E-state index in [9.17, 15) is 0 Å². The summed E-state index contributed by atoms with van der Waals surface area (Å²) in [5.74, 6) is 0.596. The fourth-order valence-electron chi connectivity index (χ4n) is 2.12. The molecule has 0 saturated carbocycles. The van der Waals surface area contributed by atoms with Crippen LogP contribution in [0.5, 0.6) is 0 Å². The molecule has 0 fully saturated rings. The number of likely N-dealkylation sites (N-methyl/N-ethyl adjacent to an activating group) is 1. The zero-order valence-electron chi connectivity index (χ0n) is 11.4. The lowest BCUT2D eigenvalue weighted by Gasteiger charge is -2.21. The number of rotatable bonds is 5. The molecule has 2 aromatic rings. The molecule has 1 aromatic heterocycles. The minimum absolute atomic E-state index is 0.463. The Morgan fingerprint density at radius 3 is 2.56 bits per heavy atom. The first-order chi connectivity index (χ1) is 8.70. The molecular weight excluding hydrogens is 222 g/mol. The minimum Gasteiger partial charge on any atom is -0.314 e. The second kappa shape index (κ2) is 5.91. The van der Waals surface area contributed by atoms with Gasteiger partial charge in [0.25, 0.3) is 0 Å². The Hall–Kier alpha value is -1.48. The van der Waals surface area contributed by atoms with Gasteiger partial charge in [-0.3, -0.25) is 4.98 Å². The zero-order chi connectivity index (χ0) is 13.0. The van der Waals surface area contributed by atoms with E-state index in [4.69, 9.17) is 0 Å². The van der Waals surface area contributed by atoms with Crippen LogP contribution in [0.25, 0.3) is 11.0 Å². The van der Waals surface area contributed by atoms with Gasteiger partial charge in [-0.1, -0.05) is 32.9 Å². The Morgan fingerprint density at radius 1 is 1.17 bits per heavy atom. The molecule has 96 valence electrons. The van der Waals surface area contributed by atoms with Crippen LogP contribution in [-0.2, 0) is 6.42 Å². The van der Waals surface area contributed by atoms with Crippen molar-refractivity contribution in [3.63, 3.8) is 0 Å². The fourth-order valence-corrected chi connectivity index (χ4v) is 2.12. The van der Waals surface area contributed by atoms with Crippen LogP contribution >= 0.6 is 0 Å². The van der Waals surface area contributed by atoms with Crippen LogP contribution in [0.3, 0.4) is 0 Å². The van der Waals surface area contributed by atoms with Crippen molar-refractivity contribution in [2.45, 2.75) is 33.2 Å². The van der Waals surface area contributed by atoms with Gasteiger partial charge in [-0.15, -0.1) is 0 Å². The highest BCUT2D eigenvalue weighted by atomic mass is 14.9. The molecule has 2 rings (SSSR count). The van der Waals surface area contributed by atoms with Gasteiger partial charge >= 0.3 is 0 Å². The van der Waals surface area contributed by atoms with E-state index in [-0.39, 0.29) is 0 Å². The molecule has 0 aliphatic rings. The van der Waals surface area contributed by atoms with E-state index in [1.807, 2.05) is 30.5 Å². The highest BCUT2D eigenvalue weighted by Crippen LogP contribution is 2.12. The number of nitrogens with one attached hydrogen (secondary N) is 1. The lowest BCUT2D eigenvalue weighted by molar-refractivity contribution is 0.402. The number of para-hydroxylation sites is 2. The summed E-state index contributed by atoms with van der Waals surface area (Å²) in [6, 6.07) is 8.47. The minimum atomic E-state index is 0.463. The van der Waals surface area contributed by atoms with Crippen LogP contribution in [-0.4, -0.2) is 22.6 Å². The molecule has 0 aliphatic carbocycles. The molecule has 1 aromatic carbocycles. The van der Waals surface area contributed by atoms with Gasteiger partial charge in [-0.05, 0) is 24.6 Å². The van der Waals surface area contributed by atoms with Crippen LogP contribution in [0.15, 0.2) is 30.5 Å². The highest BCUT2D eigenvalue weighted by Gasteiger charge is 2.13. The molecule has 1 heterocycles. The Kier molecular flexibility index (Phi) is 4.26. The molecule has 18 heavy (non-hydrogen) atoms. The first-order valence-electron chi connectivity index (χ1n) is 6.64. The highest BCUT2D eigenvalue weighted by molar-refractivity contribution is 5.73. The summed E-state index contributed by atoms with van der Waals surface area (Å²) in [6.45, 7) is 7.61. The van der Waals surface area contributed by atoms with E-state index in [0.717, 1.165) is 29.7 Å². The number of aromatic nitrogens is 2. The van der Waals surface area contributed by atoms with E-state index in [1.54, 1.807) is 0 Å². The van der Waals surface area contributed by atoms with Crippen molar-refractivity contribution in [2.24, 2.45) is 5.92 Å². The van der Waals surface area contributed by atoms with Crippen molar-refractivity contribution in [2.75, 3.05) is 6.54 Å². The summed E-state index contributed by atoms with van der Waals surface area (Å²) in [6.07, 6.45) is 2.83.